The van der Waals surface area contributed by atoms with Crippen molar-refractivity contribution >= 4 is 39.4 Å². The minimum Gasteiger partial charge on any atom is -0.378 e. The molecule has 1 aromatic heterocycles. The smallest absolute Gasteiger partial charge is 0.263 e. The number of allylic oxidation sites excluding steroid dienone is 5. The van der Waals surface area contributed by atoms with Gasteiger partial charge in [-0.1, -0.05) is 66.5 Å². The zero-order chi connectivity index (χ0) is 19.9. The first-order chi connectivity index (χ1) is 13.6. The number of aromatic nitrogens is 1. The van der Waals surface area contributed by atoms with E-state index in [1.54, 1.807) is 0 Å². The van der Waals surface area contributed by atoms with Crippen LogP contribution in [-0.2, 0) is 6.54 Å². The van der Waals surface area contributed by atoms with E-state index in [1.807, 2.05) is 17.4 Å². The SMILES string of the molecule is C=CC[n+]1c(/C=C/C=C/C=C/c2ccc(N(C)C)cc2)sc2ccc(C)cc21. The second-order valence-electron chi connectivity index (χ2n) is 6.90. The maximum Gasteiger partial charge on any atom is 0.263 e. The highest BCUT2D eigenvalue weighted by Gasteiger charge is 2.16. The number of anilines is 1. The molecular weight excluding hydrogens is 360 g/mol. The van der Waals surface area contributed by atoms with Crippen molar-refractivity contribution in [3.8, 4) is 0 Å². The Balaban J connectivity index is 1.70. The van der Waals surface area contributed by atoms with Crippen molar-refractivity contribution in [1.29, 1.82) is 0 Å². The monoisotopic (exact) mass is 387 g/mol. The van der Waals surface area contributed by atoms with Crippen LogP contribution in [0.1, 0.15) is 16.1 Å². The van der Waals surface area contributed by atoms with Crippen LogP contribution in [-0.4, -0.2) is 14.1 Å². The Morgan fingerprint density at radius 2 is 1.68 bits per heavy atom. The summed E-state index contributed by atoms with van der Waals surface area (Å²) in [7, 11) is 4.10. The first-order valence-corrected chi connectivity index (χ1v) is 10.2. The van der Waals surface area contributed by atoms with Gasteiger partial charge in [0, 0.05) is 31.9 Å². The summed E-state index contributed by atoms with van der Waals surface area (Å²) >= 11 is 1.81. The van der Waals surface area contributed by atoms with Crippen LogP contribution in [0.2, 0.25) is 0 Å². The fourth-order valence-corrected chi connectivity index (χ4v) is 4.03. The first-order valence-electron chi connectivity index (χ1n) is 9.41. The van der Waals surface area contributed by atoms with Crippen molar-refractivity contribution < 1.29 is 4.57 Å². The molecule has 0 unspecified atom stereocenters. The topological polar surface area (TPSA) is 7.12 Å². The second-order valence-corrected chi connectivity index (χ2v) is 7.96. The Hall–Kier alpha value is -2.91. The van der Waals surface area contributed by atoms with Gasteiger partial charge in [0.2, 0.25) is 5.52 Å². The normalized spacial score (nSPS) is 12.0. The lowest BCUT2D eigenvalue weighted by Gasteiger charge is -2.11. The Morgan fingerprint density at radius 3 is 2.36 bits per heavy atom. The molecule has 3 aromatic rings. The summed E-state index contributed by atoms with van der Waals surface area (Å²) in [5, 5.41) is 1.23. The molecule has 0 amide bonds. The van der Waals surface area contributed by atoms with Crippen LogP contribution in [0.4, 0.5) is 5.69 Å². The maximum absolute atomic E-state index is 3.90. The van der Waals surface area contributed by atoms with Crippen molar-refractivity contribution in [1.82, 2.24) is 0 Å². The summed E-state index contributed by atoms with van der Waals surface area (Å²) in [5.74, 6) is 0. The van der Waals surface area contributed by atoms with E-state index < -0.39 is 0 Å². The molecule has 0 N–H and O–H groups in total. The van der Waals surface area contributed by atoms with E-state index in [0.29, 0.717) is 0 Å². The minimum absolute atomic E-state index is 0.815. The minimum atomic E-state index is 0.815. The van der Waals surface area contributed by atoms with Gasteiger partial charge in [0.1, 0.15) is 4.70 Å². The molecule has 2 aromatic carbocycles. The summed E-state index contributed by atoms with van der Waals surface area (Å²) in [6.07, 6.45) is 14.5. The maximum atomic E-state index is 3.90. The lowest BCUT2D eigenvalue weighted by atomic mass is 10.2. The van der Waals surface area contributed by atoms with Gasteiger partial charge in [0.25, 0.3) is 5.01 Å². The van der Waals surface area contributed by atoms with E-state index in [4.69, 9.17) is 0 Å². The molecule has 0 saturated carbocycles. The summed E-state index contributed by atoms with van der Waals surface area (Å²) in [6, 6.07) is 15.1. The van der Waals surface area contributed by atoms with Crippen LogP contribution in [0.25, 0.3) is 22.4 Å². The predicted octanol–water partition coefficient (Wildman–Crippen LogP) is 6.03. The highest BCUT2D eigenvalue weighted by atomic mass is 32.1. The number of aryl methyl sites for hydroxylation is 1. The molecule has 142 valence electrons. The molecule has 0 aliphatic carbocycles. The third kappa shape index (κ3) is 4.87. The van der Waals surface area contributed by atoms with Gasteiger partial charge in [0.05, 0.1) is 0 Å². The second kappa shape index (κ2) is 9.34. The Bertz CT molecular complexity index is 1030. The molecule has 1 heterocycles. The molecule has 0 radical (unpaired) electrons. The summed E-state index contributed by atoms with van der Waals surface area (Å²) in [5.41, 5.74) is 4.96. The van der Waals surface area contributed by atoms with Crippen molar-refractivity contribution in [2.75, 3.05) is 19.0 Å². The number of nitrogens with zero attached hydrogens (tertiary/aromatic N) is 2. The van der Waals surface area contributed by atoms with Crippen LogP contribution in [0, 0.1) is 6.92 Å². The van der Waals surface area contributed by atoms with Crippen LogP contribution in [0.5, 0.6) is 0 Å². The standard InChI is InChI=1S/C25H27N2S/c1-5-18-27-23-19-20(2)12-17-24(23)28-25(27)11-9-7-6-8-10-21-13-15-22(16-14-21)26(3)4/h5-17,19H,1,18H2,2-4H3/q+1. The molecule has 0 aliphatic heterocycles. The zero-order valence-electron chi connectivity index (χ0n) is 16.8. The van der Waals surface area contributed by atoms with E-state index in [9.17, 15) is 0 Å². The molecule has 28 heavy (non-hydrogen) atoms. The molecule has 3 rings (SSSR count). The Labute approximate surface area is 172 Å². The van der Waals surface area contributed by atoms with Crippen LogP contribution in [0.15, 0.2) is 79.4 Å². The molecule has 3 heteroatoms. The van der Waals surface area contributed by atoms with Gasteiger partial charge < -0.3 is 4.90 Å². The van der Waals surface area contributed by atoms with Crippen LogP contribution >= 0.6 is 11.3 Å². The van der Waals surface area contributed by atoms with Gasteiger partial charge in [-0.25, -0.2) is 0 Å². The van der Waals surface area contributed by atoms with E-state index in [-0.39, 0.29) is 0 Å². The number of hydrogen-bond acceptors (Lipinski definition) is 2. The van der Waals surface area contributed by atoms with E-state index in [2.05, 4.69) is 116 Å². The van der Waals surface area contributed by atoms with Crippen LogP contribution in [0.3, 0.4) is 0 Å². The van der Waals surface area contributed by atoms with E-state index in [1.165, 1.54) is 32.0 Å². The molecule has 0 spiro atoms. The molecule has 2 nitrogen and oxygen atoms in total. The summed E-state index contributed by atoms with van der Waals surface area (Å²) < 4.78 is 3.61. The zero-order valence-corrected chi connectivity index (χ0v) is 17.6. The molecule has 0 aliphatic rings. The fraction of sp³-hybridized carbons (Fsp3) is 0.160. The quantitative estimate of drug-likeness (QED) is 0.273. The van der Waals surface area contributed by atoms with Gasteiger partial charge in [-0.2, -0.15) is 4.57 Å². The van der Waals surface area contributed by atoms with Crippen molar-refractivity contribution in [2.45, 2.75) is 13.5 Å². The van der Waals surface area contributed by atoms with Crippen molar-refractivity contribution in [2.24, 2.45) is 0 Å². The molecule has 0 saturated heterocycles. The molecule has 0 bridgehead atoms. The number of hydrogen-bond donors (Lipinski definition) is 0. The third-order valence-corrected chi connectivity index (χ3v) is 5.60. The Morgan fingerprint density at radius 1 is 0.964 bits per heavy atom. The van der Waals surface area contributed by atoms with Crippen LogP contribution < -0.4 is 9.47 Å². The van der Waals surface area contributed by atoms with Gasteiger partial charge in [-0.15, -0.1) is 0 Å². The molecule has 0 fully saturated rings. The van der Waals surface area contributed by atoms with Gasteiger partial charge in [-0.05, 0) is 42.3 Å². The van der Waals surface area contributed by atoms with Crippen molar-refractivity contribution in [3.63, 3.8) is 0 Å². The number of rotatable bonds is 7. The summed E-state index contributed by atoms with van der Waals surface area (Å²) in [4.78, 5) is 2.10. The number of benzene rings is 2. The average molecular weight is 388 g/mol. The predicted molar refractivity (Wildman–Crippen MR) is 125 cm³/mol. The fourth-order valence-electron chi connectivity index (χ4n) is 2.97. The molecule has 0 atom stereocenters. The summed E-state index contributed by atoms with van der Waals surface area (Å²) in [6.45, 7) is 6.85. The van der Waals surface area contributed by atoms with Crippen molar-refractivity contribution in [3.05, 3.63) is 95.6 Å². The third-order valence-electron chi connectivity index (χ3n) is 4.47. The van der Waals surface area contributed by atoms with E-state index >= 15 is 0 Å². The van der Waals surface area contributed by atoms with Gasteiger partial charge >= 0.3 is 0 Å². The lowest BCUT2D eigenvalue weighted by Crippen LogP contribution is -2.33. The Kier molecular flexibility index (Phi) is 6.62. The number of fused-ring (bicyclic) bond motifs is 1. The number of thiazole rings is 1. The van der Waals surface area contributed by atoms with Gasteiger partial charge in [0.15, 0.2) is 6.54 Å². The average Bonchev–Trinajstić information content (AvgIpc) is 3.02. The van der Waals surface area contributed by atoms with Gasteiger partial charge in [-0.3, -0.25) is 0 Å². The highest BCUT2D eigenvalue weighted by Crippen LogP contribution is 2.22. The first kappa shape index (κ1) is 19.8. The largest absolute Gasteiger partial charge is 0.378 e. The highest BCUT2D eigenvalue weighted by molar-refractivity contribution is 7.18. The lowest BCUT2D eigenvalue weighted by molar-refractivity contribution is -0.658. The van der Waals surface area contributed by atoms with E-state index in [0.717, 1.165) is 6.54 Å². The molecular formula is C25H27N2S+.